The van der Waals surface area contributed by atoms with Crippen molar-refractivity contribution in [3.05, 3.63) is 12.3 Å². The van der Waals surface area contributed by atoms with Crippen LogP contribution in [0.25, 0.3) is 0 Å². The van der Waals surface area contributed by atoms with Gasteiger partial charge in [0.15, 0.2) is 0 Å². The Labute approximate surface area is 129 Å². The molecule has 8 nitrogen and oxygen atoms in total. The molecule has 0 aromatic carbocycles. The van der Waals surface area contributed by atoms with Gasteiger partial charge >= 0.3 is 0 Å². The van der Waals surface area contributed by atoms with Crippen LogP contribution in [0.1, 0.15) is 0 Å². The topological polar surface area (TPSA) is 77.0 Å². The van der Waals surface area contributed by atoms with Crippen molar-refractivity contribution in [2.24, 2.45) is 0 Å². The summed E-state index contributed by atoms with van der Waals surface area (Å²) in [6.07, 6.45) is 1.64. The van der Waals surface area contributed by atoms with Crippen LogP contribution in [0, 0.1) is 0 Å². The third-order valence-electron chi connectivity index (χ3n) is 4.02. The van der Waals surface area contributed by atoms with Gasteiger partial charge in [-0.15, -0.1) is 0 Å². The molecule has 2 atom stereocenters. The Hall–Kier alpha value is -1.93. The summed E-state index contributed by atoms with van der Waals surface area (Å²) in [6, 6.07) is 1.71. The highest BCUT2D eigenvalue weighted by atomic mass is 16.5. The highest BCUT2D eigenvalue weighted by Gasteiger charge is 2.43. The van der Waals surface area contributed by atoms with Gasteiger partial charge < -0.3 is 24.0 Å². The maximum absolute atomic E-state index is 12.1. The molecular weight excluding hydrogens is 288 g/mol. The number of rotatable bonds is 5. The van der Waals surface area contributed by atoms with Gasteiger partial charge in [0.05, 0.1) is 25.9 Å². The number of carbonyl (C=O) groups is 1. The average molecular weight is 308 g/mol. The molecule has 0 spiro atoms. The number of amides is 1. The minimum Gasteiger partial charge on any atom is -0.481 e. The molecule has 8 heteroatoms. The summed E-state index contributed by atoms with van der Waals surface area (Å²) in [5.74, 6) is 1.12. The van der Waals surface area contributed by atoms with E-state index in [1.54, 1.807) is 26.5 Å². The highest BCUT2D eigenvalue weighted by molar-refractivity contribution is 5.79. The molecule has 1 aromatic heterocycles. The minimum atomic E-state index is -0.0237. The minimum absolute atomic E-state index is 0.00574. The molecule has 0 bridgehead atoms. The molecule has 2 aliphatic rings. The van der Waals surface area contributed by atoms with Gasteiger partial charge in [-0.05, 0) is 0 Å². The van der Waals surface area contributed by atoms with Gasteiger partial charge in [0.2, 0.25) is 17.7 Å². The van der Waals surface area contributed by atoms with Crippen molar-refractivity contribution in [1.82, 2.24) is 14.9 Å². The second-order valence-electron chi connectivity index (χ2n) is 5.30. The summed E-state index contributed by atoms with van der Waals surface area (Å²) >= 11 is 0. The van der Waals surface area contributed by atoms with E-state index >= 15 is 0 Å². The number of hydrogen-bond donors (Lipinski definition) is 0. The van der Waals surface area contributed by atoms with Crippen LogP contribution in [0.2, 0.25) is 0 Å². The Balaban J connectivity index is 1.75. The van der Waals surface area contributed by atoms with E-state index in [0.717, 1.165) is 0 Å². The number of fused-ring (bicyclic) bond motifs is 1. The van der Waals surface area contributed by atoms with Gasteiger partial charge in [-0.25, -0.2) is 4.98 Å². The van der Waals surface area contributed by atoms with Gasteiger partial charge in [0.1, 0.15) is 6.61 Å². The Kier molecular flexibility index (Phi) is 4.39. The summed E-state index contributed by atoms with van der Waals surface area (Å²) in [6.45, 7) is 2.52. The van der Waals surface area contributed by atoms with Crippen LogP contribution in [0.15, 0.2) is 12.3 Å². The first kappa shape index (κ1) is 15.0. The first-order valence-corrected chi connectivity index (χ1v) is 7.25. The molecule has 0 radical (unpaired) electrons. The Morgan fingerprint density at radius 2 is 2.27 bits per heavy atom. The molecule has 1 amide bonds. The van der Waals surface area contributed by atoms with Crippen LogP contribution in [0.5, 0.6) is 5.88 Å². The monoisotopic (exact) mass is 308 g/mol. The predicted molar refractivity (Wildman–Crippen MR) is 77.9 cm³/mol. The summed E-state index contributed by atoms with van der Waals surface area (Å²) in [4.78, 5) is 24.6. The maximum Gasteiger partial charge on any atom is 0.249 e. The molecule has 0 unspecified atom stereocenters. The van der Waals surface area contributed by atoms with Crippen molar-refractivity contribution in [3.8, 4) is 5.88 Å². The Bertz CT molecular complexity index is 541. The number of hydrogen-bond acceptors (Lipinski definition) is 7. The van der Waals surface area contributed by atoms with Gasteiger partial charge in [-0.2, -0.15) is 4.98 Å². The highest BCUT2D eigenvalue weighted by Crippen LogP contribution is 2.26. The van der Waals surface area contributed by atoms with Crippen molar-refractivity contribution in [3.63, 3.8) is 0 Å². The van der Waals surface area contributed by atoms with Crippen molar-refractivity contribution < 1.29 is 19.0 Å². The zero-order valence-corrected chi connectivity index (χ0v) is 12.8. The number of aromatic nitrogens is 2. The zero-order chi connectivity index (χ0) is 15.5. The number of methoxy groups -OCH3 is 2. The predicted octanol–water partition coefficient (Wildman–Crippen LogP) is -0.452. The smallest absolute Gasteiger partial charge is 0.249 e. The van der Waals surface area contributed by atoms with Gasteiger partial charge in [0, 0.05) is 39.0 Å². The summed E-state index contributed by atoms with van der Waals surface area (Å²) in [7, 11) is 3.21. The molecule has 2 saturated heterocycles. The molecule has 22 heavy (non-hydrogen) atoms. The summed E-state index contributed by atoms with van der Waals surface area (Å²) < 4.78 is 15.9. The molecule has 3 heterocycles. The fraction of sp³-hybridized carbons (Fsp3) is 0.643. The third-order valence-corrected chi connectivity index (χ3v) is 4.02. The molecule has 1 aromatic rings. The third kappa shape index (κ3) is 2.84. The van der Waals surface area contributed by atoms with Crippen LogP contribution < -0.4 is 9.64 Å². The fourth-order valence-corrected chi connectivity index (χ4v) is 2.91. The van der Waals surface area contributed by atoms with Crippen LogP contribution >= 0.6 is 0 Å². The van der Waals surface area contributed by atoms with E-state index < -0.39 is 0 Å². The number of ether oxygens (including phenoxy) is 3. The molecular formula is C14H20N4O4. The van der Waals surface area contributed by atoms with E-state index in [0.29, 0.717) is 38.1 Å². The lowest BCUT2D eigenvalue weighted by Gasteiger charge is -2.36. The van der Waals surface area contributed by atoms with Crippen LogP contribution in [0.4, 0.5) is 5.95 Å². The molecule has 120 valence electrons. The standard InChI is InChI=1S/C14H20N4O4/c1-20-6-5-18-10-7-17(8-11(10)22-9-13(18)19)14-15-4-3-12(16-14)21-2/h3-4,10-11H,5-9H2,1-2H3/t10-,11+/m1/s1. The largest absolute Gasteiger partial charge is 0.481 e. The lowest BCUT2D eigenvalue weighted by molar-refractivity contribution is -0.153. The van der Waals surface area contributed by atoms with Crippen molar-refractivity contribution in [2.75, 3.05) is 52.0 Å². The lowest BCUT2D eigenvalue weighted by Crippen LogP contribution is -2.54. The first-order chi connectivity index (χ1) is 10.7. The fourth-order valence-electron chi connectivity index (χ4n) is 2.91. The van der Waals surface area contributed by atoms with Gasteiger partial charge in [-0.1, -0.05) is 0 Å². The number of nitrogens with zero attached hydrogens (tertiary/aromatic N) is 4. The van der Waals surface area contributed by atoms with Crippen molar-refractivity contribution >= 4 is 11.9 Å². The Morgan fingerprint density at radius 1 is 1.41 bits per heavy atom. The van der Waals surface area contributed by atoms with Crippen LogP contribution in [-0.4, -0.2) is 80.0 Å². The lowest BCUT2D eigenvalue weighted by atomic mass is 10.1. The molecule has 0 aliphatic carbocycles. The SMILES string of the molecule is COCCN1C(=O)CO[C@H]2CN(c3nccc(OC)n3)C[C@H]21. The quantitative estimate of drug-likeness (QED) is 0.729. The van der Waals surface area contributed by atoms with Gasteiger partial charge in [0.25, 0.3) is 0 Å². The van der Waals surface area contributed by atoms with Crippen LogP contribution in [0.3, 0.4) is 0 Å². The van der Waals surface area contributed by atoms with E-state index in [-0.39, 0.29) is 24.7 Å². The second kappa shape index (κ2) is 6.45. The second-order valence-corrected chi connectivity index (χ2v) is 5.30. The molecule has 2 fully saturated rings. The summed E-state index contributed by atoms with van der Waals surface area (Å²) in [5.41, 5.74) is 0. The van der Waals surface area contributed by atoms with E-state index in [1.165, 1.54) is 0 Å². The van der Waals surface area contributed by atoms with E-state index in [4.69, 9.17) is 14.2 Å². The molecule has 0 saturated carbocycles. The first-order valence-electron chi connectivity index (χ1n) is 7.25. The van der Waals surface area contributed by atoms with E-state index in [1.807, 2.05) is 9.80 Å². The van der Waals surface area contributed by atoms with Crippen molar-refractivity contribution in [2.45, 2.75) is 12.1 Å². The number of morpholine rings is 1. The molecule has 2 aliphatic heterocycles. The normalized spacial score (nSPS) is 24.5. The summed E-state index contributed by atoms with van der Waals surface area (Å²) in [5, 5.41) is 0. The van der Waals surface area contributed by atoms with E-state index in [9.17, 15) is 4.79 Å². The number of carbonyl (C=O) groups excluding carboxylic acids is 1. The molecule has 3 rings (SSSR count). The maximum atomic E-state index is 12.1. The van der Waals surface area contributed by atoms with Crippen molar-refractivity contribution in [1.29, 1.82) is 0 Å². The molecule has 0 N–H and O–H groups in total. The number of anilines is 1. The Morgan fingerprint density at radius 3 is 3.05 bits per heavy atom. The van der Waals surface area contributed by atoms with E-state index in [2.05, 4.69) is 9.97 Å². The van der Waals surface area contributed by atoms with Crippen LogP contribution in [-0.2, 0) is 14.3 Å². The van der Waals surface area contributed by atoms with Gasteiger partial charge in [-0.3, -0.25) is 4.79 Å². The average Bonchev–Trinajstić information content (AvgIpc) is 2.98. The zero-order valence-electron chi connectivity index (χ0n) is 12.8.